The fraction of sp³-hybridized carbons (Fsp3) is 0.533. The third kappa shape index (κ3) is 3.54. The van der Waals surface area contributed by atoms with Crippen LogP contribution in [0.25, 0.3) is 0 Å². The molecule has 0 N–H and O–H groups in total. The molecular formula is C15H19FN2. The summed E-state index contributed by atoms with van der Waals surface area (Å²) in [5.41, 5.74) is 1.31. The lowest BCUT2D eigenvalue weighted by Gasteiger charge is -2.24. The van der Waals surface area contributed by atoms with Crippen molar-refractivity contribution in [3.63, 3.8) is 0 Å². The Hall–Kier alpha value is -1.40. The lowest BCUT2D eigenvalue weighted by Crippen LogP contribution is -2.29. The second kappa shape index (κ2) is 5.49. The van der Waals surface area contributed by atoms with E-state index in [-0.39, 0.29) is 5.82 Å². The minimum atomic E-state index is -0.315. The highest BCUT2D eigenvalue weighted by molar-refractivity contribution is 5.33. The first-order valence-electron chi connectivity index (χ1n) is 6.52. The minimum Gasteiger partial charge on any atom is -0.296 e. The number of halogens is 1. The smallest absolute Gasteiger partial charge is 0.124 e. The molecule has 0 radical (unpaired) electrons. The van der Waals surface area contributed by atoms with Crippen LogP contribution in [-0.4, -0.2) is 17.5 Å². The fourth-order valence-corrected chi connectivity index (χ4v) is 2.29. The van der Waals surface area contributed by atoms with Gasteiger partial charge in [-0.05, 0) is 42.5 Å². The van der Waals surface area contributed by atoms with Crippen LogP contribution in [0, 0.1) is 23.1 Å². The Morgan fingerprint density at radius 3 is 2.67 bits per heavy atom. The summed E-state index contributed by atoms with van der Waals surface area (Å²) >= 11 is 0. The quantitative estimate of drug-likeness (QED) is 0.797. The highest BCUT2D eigenvalue weighted by atomic mass is 19.1. The molecule has 96 valence electrons. The molecule has 0 saturated heterocycles. The van der Waals surface area contributed by atoms with Gasteiger partial charge in [0, 0.05) is 19.1 Å². The first kappa shape index (κ1) is 13.0. The van der Waals surface area contributed by atoms with Gasteiger partial charge in [-0.25, -0.2) is 4.39 Å². The van der Waals surface area contributed by atoms with E-state index in [4.69, 9.17) is 5.26 Å². The zero-order valence-corrected chi connectivity index (χ0v) is 11.0. The van der Waals surface area contributed by atoms with Crippen LogP contribution < -0.4 is 0 Å². The van der Waals surface area contributed by atoms with Crippen molar-refractivity contribution >= 4 is 0 Å². The normalized spacial score (nSPS) is 15.1. The second-order valence-electron chi connectivity index (χ2n) is 5.51. The number of nitriles is 1. The SMILES string of the molecule is CC(C)CN(Cc1cc(F)cc(C#N)c1)C1CC1. The number of hydrogen-bond donors (Lipinski definition) is 0. The molecule has 0 amide bonds. The van der Waals surface area contributed by atoms with Crippen molar-refractivity contribution in [2.45, 2.75) is 39.3 Å². The molecule has 0 atom stereocenters. The highest BCUT2D eigenvalue weighted by Crippen LogP contribution is 2.29. The van der Waals surface area contributed by atoms with Gasteiger partial charge < -0.3 is 0 Å². The molecule has 1 aliphatic rings. The van der Waals surface area contributed by atoms with Crippen LogP contribution in [0.5, 0.6) is 0 Å². The van der Waals surface area contributed by atoms with Gasteiger partial charge in [0.1, 0.15) is 5.82 Å². The van der Waals surface area contributed by atoms with E-state index in [0.717, 1.165) is 18.7 Å². The topological polar surface area (TPSA) is 27.0 Å². The van der Waals surface area contributed by atoms with E-state index in [1.54, 1.807) is 6.07 Å². The zero-order valence-electron chi connectivity index (χ0n) is 11.0. The summed E-state index contributed by atoms with van der Waals surface area (Å²) in [6, 6.07) is 7.28. The van der Waals surface area contributed by atoms with E-state index in [1.165, 1.54) is 25.0 Å². The molecule has 0 bridgehead atoms. The number of rotatable bonds is 5. The third-order valence-electron chi connectivity index (χ3n) is 3.14. The van der Waals surface area contributed by atoms with Crippen molar-refractivity contribution in [2.24, 2.45) is 5.92 Å². The Bertz CT molecular complexity index is 458. The van der Waals surface area contributed by atoms with Crippen molar-refractivity contribution in [1.29, 1.82) is 5.26 Å². The Morgan fingerprint density at radius 1 is 1.39 bits per heavy atom. The van der Waals surface area contributed by atoms with E-state index in [2.05, 4.69) is 18.7 Å². The average molecular weight is 246 g/mol. The van der Waals surface area contributed by atoms with Gasteiger partial charge in [-0.2, -0.15) is 5.26 Å². The Balaban J connectivity index is 2.11. The van der Waals surface area contributed by atoms with Crippen LogP contribution in [0.4, 0.5) is 4.39 Å². The van der Waals surface area contributed by atoms with E-state index in [1.807, 2.05) is 6.07 Å². The van der Waals surface area contributed by atoms with E-state index in [9.17, 15) is 4.39 Å². The molecule has 2 rings (SSSR count). The van der Waals surface area contributed by atoms with Gasteiger partial charge in [-0.15, -0.1) is 0 Å². The maximum atomic E-state index is 13.4. The molecule has 0 aromatic heterocycles. The molecule has 1 aromatic carbocycles. The van der Waals surface area contributed by atoms with Crippen LogP contribution in [0.2, 0.25) is 0 Å². The van der Waals surface area contributed by atoms with Gasteiger partial charge in [0.15, 0.2) is 0 Å². The van der Waals surface area contributed by atoms with Crippen molar-refractivity contribution < 1.29 is 4.39 Å². The molecular weight excluding hydrogens is 227 g/mol. The highest BCUT2D eigenvalue weighted by Gasteiger charge is 2.29. The van der Waals surface area contributed by atoms with Crippen LogP contribution in [-0.2, 0) is 6.54 Å². The van der Waals surface area contributed by atoms with Gasteiger partial charge in [0.05, 0.1) is 11.6 Å². The minimum absolute atomic E-state index is 0.315. The van der Waals surface area contributed by atoms with E-state index < -0.39 is 0 Å². The molecule has 18 heavy (non-hydrogen) atoms. The summed E-state index contributed by atoms with van der Waals surface area (Å²) in [5.74, 6) is 0.291. The fourth-order valence-electron chi connectivity index (χ4n) is 2.29. The predicted molar refractivity (Wildman–Crippen MR) is 69.4 cm³/mol. The molecule has 0 heterocycles. The average Bonchev–Trinajstić information content (AvgIpc) is 3.10. The zero-order chi connectivity index (χ0) is 13.1. The molecule has 1 fully saturated rings. The summed E-state index contributed by atoms with van der Waals surface area (Å²) in [7, 11) is 0. The summed E-state index contributed by atoms with van der Waals surface area (Å²) in [4.78, 5) is 2.40. The number of hydrogen-bond acceptors (Lipinski definition) is 2. The van der Waals surface area contributed by atoms with Crippen molar-refractivity contribution in [2.75, 3.05) is 6.54 Å². The lowest BCUT2D eigenvalue weighted by atomic mass is 10.1. The molecule has 0 aliphatic heterocycles. The molecule has 1 saturated carbocycles. The Kier molecular flexibility index (Phi) is 3.98. The first-order chi connectivity index (χ1) is 8.58. The first-order valence-corrected chi connectivity index (χ1v) is 6.52. The monoisotopic (exact) mass is 246 g/mol. The van der Waals surface area contributed by atoms with E-state index in [0.29, 0.717) is 17.5 Å². The van der Waals surface area contributed by atoms with Crippen LogP contribution in [0.3, 0.4) is 0 Å². The molecule has 1 aromatic rings. The number of benzene rings is 1. The summed E-state index contributed by atoms with van der Waals surface area (Å²) in [6.07, 6.45) is 2.49. The second-order valence-corrected chi connectivity index (χ2v) is 5.51. The lowest BCUT2D eigenvalue weighted by molar-refractivity contribution is 0.226. The summed E-state index contributed by atoms with van der Waals surface area (Å²) in [5, 5.41) is 8.86. The third-order valence-corrected chi connectivity index (χ3v) is 3.14. The Morgan fingerprint density at radius 2 is 2.11 bits per heavy atom. The van der Waals surface area contributed by atoms with Crippen LogP contribution in [0.1, 0.15) is 37.8 Å². The van der Waals surface area contributed by atoms with Gasteiger partial charge in [0.25, 0.3) is 0 Å². The molecule has 1 aliphatic carbocycles. The van der Waals surface area contributed by atoms with Crippen molar-refractivity contribution in [3.8, 4) is 6.07 Å². The summed E-state index contributed by atoms with van der Waals surface area (Å²) in [6.45, 7) is 6.17. The molecule has 0 spiro atoms. The van der Waals surface area contributed by atoms with Gasteiger partial charge in [-0.3, -0.25) is 4.90 Å². The molecule has 0 unspecified atom stereocenters. The van der Waals surface area contributed by atoms with Gasteiger partial charge >= 0.3 is 0 Å². The van der Waals surface area contributed by atoms with Crippen molar-refractivity contribution in [3.05, 3.63) is 35.1 Å². The van der Waals surface area contributed by atoms with Gasteiger partial charge in [-0.1, -0.05) is 13.8 Å². The molecule has 2 nitrogen and oxygen atoms in total. The summed E-state index contributed by atoms with van der Waals surface area (Å²) < 4.78 is 13.4. The number of nitrogens with zero attached hydrogens (tertiary/aromatic N) is 2. The largest absolute Gasteiger partial charge is 0.296 e. The maximum Gasteiger partial charge on any atom is 0.124 e. The van der Waals surface area contributed by atoms with Crippen LogP contribution >= 0.6 is 0 Å². The van der Waals surface area contributed by atoms with Gasteiger partial charge in [0.2, 0.25) is 0 Å². The standard InChI is InChI=1S/C15H19FN2/c1-11(2)9-18(15-3-4-15)10-13-5-12(8-17)6-14(16)7-13/h5-7,11,15H,3-4,9-10H2,1-2H3. The predicted octanol–water partition coefficient (Wildman–Crippen LogP) is 3.32. The van der Waals surface area contributed by atoms with E-state index >= 15 is 0 Å². The Labute approximate surface area is 108 Å². The van der Waals surface area contributed by atoms with Crippen LogP contribution in [0.15, 0.2) is 18.2 Å². The maximum absolute atomic E-state index is 13.4. The van der Waals surface area contributed by atoms with Crippen molar-refractivity contribution in [1.82, 2.24) is 4.90 Å². The molecule has 3 heteroatoms.